The summed E-state index contributed by atoms with van der Waals surface area (Å²) in [6, 6.07) is 0. The molecule has 0 radical (unpaired) electrons. The number of carboxylic acid groups (broad SMARTS) is 1. The zero-order valence-electron chi connectivity index (χ0n) is 8.25. The van der Waals surface area contributed by atoms with Gasteiger partial charge in [0.2, 0.25) is 0 Å². The predicted octanol–water partition coefficient (Wildman–Crippen LogP) is 0.480. The van der Waals surface area contributed by atoms with Gasteiger partial charge in [-0.1, -0.05) is 12.2 Å². The van der Waals surface area contributed by atoms with Crippen molar-refractivity contribution in [3.05, 3.63) is 12.2 Å². The SMILES string of the molecule is C=C(C)[C@@H](CCC(C)O)CC(=O)[O-]. The van der Waals surface area contributed by atoms with E-state index in [1.54, 1.807) is 13.8 Å². The summed E-state index contributed by atoms with van der Waals surface area (Å²) in [5.41, 5.74) is 0.838. The van der Waals surface area contributed by atoms with Gasteiger partial charge in [0.05, 0.1) is 6.10 Å². The number of hydrogen-bond acceptors (Lipinski definition) is 3. The molecule has 0 bridgehead atoms. The number of carboxylic acids is 1. The van der Waals surface area contributed by atoms with E-state index in [0.29, 0.717) is 12.8 Å². The van der Waals surface area contributed by atoms with Crippen LogP contribution in [0.15, 0.2) is 12.2 Å². The lowest BCUT2D eigenvalue weighted by Gasteiger charge is -2.18. The molecule has 0 aliphatic carbocycles. The molecule has 3 nitrogen and oxygen atoms in total. The summed E-state index contributed by atoms with van der Waals surface area (Å²) in [5, 5.41) is 19.4. The quantitative estimate of drug-likeness (QED) is 0.612. The topological polar surface area (TPSA) is 60.4 Å². The monoisotopic (exact) mass is 185 g/mol. The fraction of sp³-hybridized carbons (Fsp3) is 0.700. The van der Waals surface area contributed by atoms with Crippen LogP contribution in [0, 0.1) is 5.92 Å². The van der Waals surface area contributed by atoms with Crippen molar-refractivity contribution in [3.63, 3.8) is 0 Å². The van der Waals surface area contributed by atoms with Gasteiger partial charge in [-0.2, -0.15) is 0 Å². The van der Waals surface area contributed by atoms with Crippen LogP contribution in [0.2, 0.25) is 0 Å². The molecule has 0 aliphatic heterocycles. The summed E-state index contributed by atoms with van der Waals surface area (Å²) in [4.78, 5) is 10.3. The Hall–Kier alpha value is -0.830. The van der Waals surface area contributed by atoms with Gasteiger partial charge in [0.15, 0.2) is 0 Å². The minimum absolute atomic E-state index is 0.00204. The average molecular weight is 185 g/mol. The third-order valence-corrected chi connectivity index (χ3v) is 2.04. The number of aliphatic hydroxyl groups excluding tert-OH is 1. The van der Waals surface area contributed by atoms with Gasteiger partial charge in [-0.15, -0.1) is 0 Å². The Labute approximate surface area is 79.1 Å². The predicted molar refractivity (Wildman–Crippen MR) is 48.8 cm³/mol. The van der Waals surface area contributed by atoms with Crippen LogP contribution in [-0.2, 0) is 4.79 Å². The molecular formula is C10H17O3-. The highest BCUT2D eigenvalue weighted by Gasteiger charge is 2.10. The van der Waals surface area contributed by atoms with E-state index in [1.807, 2.05) is 0 Å². The molecule has 0 rings (SSSR count). The molecule has 0 aromatic heterocycles. The highest BCUT2D eigenvalue weighted by Crippen LogP contribution is 2.19. The van der Waals surface area contributed by atoms with Gasteiger partial charge in [0, 0.05) is 5.97 Å². The third-order valence-electron chi connectivity index (χ3n) is 2.04. The number of hydrogen-bond donors (Lipinski definition) is 1. The summed E-state index contributed by atoms with van der Waals surface area (Å²) in [5.74, 6) is -1.13. The minimum Gasteiger partial charge on any atom is -0.550 e. The Morgan fingerprint density at radius 2 is 2.08 bits per heavy atom. The van der Waals surface area contributed by atoms with E-state index in [9.17, 15) is 9.90 Å². The molecule has 0 aliphatic rings. The molecule has 0 saturated carbocycles. The molecule has 0 amide bonds. The molecule has 0 heterocycles. The van der Waals surface area contributed by atoms with E-state index < -0.39 is 5.97 Å². The standard InChI is InChI=1S/C10H18O3/c1-7(2)9(6-10(12)13)5-4-8(3)11/h8-9,11H,1,4-6H2,2-3H3,(H,12,13)/p-1/t8?,9-/m0/s1. The van der Waals surface area contributed by atoms with Gasteiger partial charge < -0.3 is 15.0 Å². The lowest BCUT2D eigenvalue weighted by molar-refractivity contribution is -0.306. The van der Waals surface area contributed by atoms with E-state index in [2.05, 4.69) is 6.58 Å². The van der Waals surface area contributed by atoms with Crippen LogP contribution in [0.3, 0.4) is 0 Å². The van der Waals surface area contributed by atoms with Crippen LogP contribution in [0.5, 0.6) is 0 Å². The fourth-order valence-electron chi connectivity index (χ4n) is 1.17. The Morgan fingerprint density at radius 3 is 2.38 bits per heavy atom. The van der Waals surface area contributed by atoms with Crippen LogP contribution in [0.4, 0.5) is 0 Å². The van der Waals surface area contributed by atoms with E-state index in [0.717, 1.165) is 5.57 Å². The largest absolute Gasteiger partial charge is 0.550 e. The van der Waals surface area contributed by atoms with Crippen molar-refractivity contribution in [2.24, 2.45) is 5.92 Å². The molecular weight excluding hydrogens is 168 g/mol. The van der Waals surface area contributed by atoms with Gasteiger partial charge in [0.1, 0.15) is 0 Å². The minimum atomic E-state index is -1.06. The van der Waals surface area contributed by atoms with Crippen molar-refractivity contribution < 1.29 is 15.0 Å². The Kier molecular flexibility index (Phi) is 5.39. The summed E-state index contributed by atoms with van der Waals surface area (Å²) in [6.45, 7) is 7.20. The first-order valence-electron chi connectivity index (χ1n) is 4.46. The molecule has 0 aromatic carbocycles. The molecule has 0 fully saturated rings. The molecule has 76 valence electrons. The van der Waals surface area contributed by atoms with Gasteiger partial charge in [-0.05, 0) is 39.0 Å². The Balaban J connectivity index is 3.95. The molecule has 0 spiro atoms. The lowest BCUT2D eigenvalue weighted by Crippen LogP contribution is -2.25. The van der Waals surface area contributed by atoms with Gasteiger partial charge in [-0.25, -0.2) is 0 Å². The summed E-state index contributed by atoms with van der Waals surface area (Å²) < 4.78 is 0. The molecule has 2 atom stereocenters. The van der Waals surface area contributed by atoms with Crippen molar-refractivity contribution in [2.75, 3.05) is 0 Å². The van der Waals surface area contributed by atoms with Crippen molar-refractivity contribution >= 4 is 5.97 Å². The number of carbonyl (C=O) groups excluding carboxylic acids is 1. The second kappa shape index (κ2) is 5.75. The van der Waals surface area contributed by atoms with Crippen molar-refractivity contribution in [1.82, 2.24) is 0 Å². The first-order valence-corrected chi connectivity index (χ1v) is 4.46. The second-order valence-corrected chi connectivity index (χ2v) is 3.55. The molecule has 13 heavy (non-hydrogen) atoms. The van der Waals surface area contributed by atoms with Crippen molar-refractivity contribution in [3.8, 4) is 0 Å². The zero-order chi connectivity index (χ0) is 10.4. The van der Waals surface area contributed by atoms with Crippen LogP contribution in [0.25, 0.3) is 0 Å². The fourth-order valence-corrected chi connectivity index (χ4v) is 1.17. The average Bonchev–Trinajstić information content (AvgIpc) is 1.96. The highest BCUT2D eigenvalue weighted by atomic mass is 16.4. The molecule has 3 heteroatoms. The zero-order valence-corrected chi connectivity index (χ0v) is 8.25. The molecule has 1 unspecified atom stereocenters. The Bertz CT molecular complexity index is 185. The van der Waals surface area contributed by atoms with E-state index >= 15 is 0 Å². The highest BCUT2D eigenvalue weighted by molar-refractivity contribution is 5.65. The maximum absolute atomic E-state index is 10.3. The smallest absolute Gasteiger partial charge is 0.0512 e. The first kappa shape index (κ1) is 12.2. The maximum Gasteiger partial charge on any atom is 0.0512 e. The van der Waals surface area contributed by atoms with Crippen LogP contribution in [-0.4, -0.2) is 17.2 Å². The third kappa shape index (κ3) is 6.34. The van der Waals surface area contributed by atoms with Crippen LogP contribution >= 0.6 is 0 Å². The number of aliphatic carboxylic acids is 1. The summed E-state index contributed by atoms with van der Waals surface area (Å²) >= 11 is 0. The Morgan fingerprint density at radius 1 is 1.54 bits per heavy atom. The normalized spacial score (nSPS) is 15.0. The summed E-state index contributed by atoms with van der Waals surface area (Å²) in [6.07, 6.45) is 0.872. The first-order chi connectivity index (χ1) is 5.93. The van der Waals surface area contributed by atoms with Crippen molar-refractivity contribution in [2.45, 2.75) is 39.2 Å². The van der Waals surface area contributed by atoms with Crippen molar-refractivity contribution in [1.29, 1.82) is 0 Å². The molecule has 0 aromatic rings. The van der Waals surface area contributed by atoms with E-state index in [1.165, 1.54) is 0 Å². The van der Waals surface area contributed by atoms with Crippen LogP contribution < -0.4 is 5.11 Å². The number of allylic oxidation sites excluding steroid dienone is 1. The summed E-state index contributed by atoms with van der Waals surface area (Å²) in [7, 11) is 0. The van der Waals surface area contributed by atoms with Gasteiger partial charge in [0.25, 0.3) is 0 Å². The number of rotatable bonds is 6. The van der Waals surface area contributed by atoms with E-state index in [4.69, 9.17) is 5.11 Å². The van der Waals surface area contributed by atoms with Gasteiger partial charge in [-0.3, -0.25) is 0 Å². The van der Waals surface area contributed by atoms with Crippen LogP contribution in [0.1, 0.15) is 33.1 Å². The van der Waals surface area contributed by atoms with E-state index in [-0.39, 0.29) is 18.4 Å². The molecule has 0 saturated heterocycles. The second-order valence-electron chi connectivity index (χ2n) is 3.55. The maximum atomic E-state index is 10.3. The number of aliphatic hydroxyl groups is 1. The van der Waals surface area contributed by atoms with Gasteiger partial charge >= 0.3 is 0 Å². The lowest BCUT2D eigenvalue weighted by atomic mass is 9.92. The number of carbonyl (C=O) groups is 1. The molecule has 1 N–H and O–H groups in total.